The molecule has 8 heavy (non-hydrogen) atoms. The van der Waals surface area contributed by atoms with Crippen LogP contribution in [0.2, 0.25) is 0 Å². The Balaban J connectivity index is 2.08. The normalized spacial score (nSPS) is 60.8. The fourth-order valence-electron chi connectivity index (χ4n) is 2.25. The van der Waals surface area contributed by atoms with Gasteiger partial charge in [0, 0.05) is 11.6 Å². The van der Waals surface area contributed by atoms with Gasteiger partial charge in [-0.05, 0) is 32.6 Å². The summed E-state index contributed by atoms with van der Waals surface area (Å²) < 4.78 is 0. The summed E-state index contributed by atoms with van der Waals surface area (Å²) in [6, 6.07) is 0.814. The molecule has 0 amide bonds. The van der Waals surface area contributed by atoms with Gasteiger partial charge in [0.2, 0.25) is 0 Å². The van der Waals surface area contributed by atoms with Gasteiger partial charge in [0.1, 0.15) is 0 Å². The van der Waals surface area contributed by atoms with Crippen molar-refractivity contribution in [2.75, 3.05) is 0 Å². The van der Waals surface area contributed by atoms with Crippen molar-refractivity contribution in [3.8, 4) is 0 Å². The van der Waals surface area contributed by atoms with Crippen LogP contribution in [0, 0.1) is 5.92 Å². The van der Waals surface area contributed by atoms with E-state index in [2.05, 4.69) is 19.2 Å². The third-order valence-electron chi connectivity index (χ3n) is 2.95. The molecule has 1 saturated heterocycles. The highest BCUT2D eigenvalue weighted by atomic mass is 15.1. The third kappa shape index (κ3) is 0.334. The molecule has 0 aromatic rings. The van der Waals surface area contributed by atoms with Crippen LogP contribution < -0.4 is 5.32 Å². The fourth-order valence-corrected chi connectivity index (χ4v) is 2.25. The molecule has 0 radical (unpaired) electrons. The van der Waals surface area contributed by atoms with Gasteiger partial charge in [-0.2, -0.15) is 0 Å². The molecule has 1 N–H and O–H groups in total. The Morgan fingerprint density at radius 2 is 2.38 bits per heavy atom. The molecule has 1 aliphatic heterocycles. The summed E-state index contributed by atoms with van der Waals surface area (Å²) in [4.78, 5) is 0. The first kappa shape index (κ1) is 4.80. The maximum atomic E-state index is 3.52. The van der Waals surface area contributed by atoms with E-state index < -0.39 is 0 Å². The molecule has 0 bridgehead atoms. The van der Waals surface area contributed by atoms with E-state index in [4.69, 9.17) is 0 Å². The first-order valence-corrected chi connectivity index (χ1v) is 3.50. The number of hydrogen-bond acceptors (Lipinski definition) is 1. The molecular formula is C7H13N. The lowest BCUT2D eigenvalue weighted by atomic mass is 9.58. The molecule has 3 unspecified atom stereocenters. The molecule has 1 aliphatic carbocycles. The van der Waals surface area contributed by atoms with Crippen LogP contribution in [0.15, 0.2) is 0 Å². The lowest BCUT2D eigenvalue weighted by molar-refractivity contribution is -0.0371. The number of fused-ring (bicyclic) bond motifs is 1. The van der Waals surface area contributed by atoms with Gasteiger partial charge in [-0.3, -0.25) is 0 Å². The number of hydrogen-bond donors (Lipinski definition) is 1. The molecule has 0 spiro atoms. The molecule has 0 aromatic heterocycles. The van der Waals surface area contributed by atoms with Gasteiger partial charge in [0.15, 0.2) is 0 Å². The van der Waals surface area contributed by atoms with E-state index in [1.807, 2.05) is 0 Å². The highest BCUT2D eigenvalue weighted by molar-refractivity contribution is 5.12. The van der Waals surface area contributed by atoms with Gasteiger partial charge >= 0.3 is 0 Å². The second kappa shape index (κ2) is 1.10. The van der Waals surface area contributed by atoms with Crippen molar-refractivity contribution in [3.05, 3.63) is 0 Å². The average Bonchev–Trinajstić information content (AvgIpc) is 1.64. The summed E-state index contributed by atoms with van der Waals surface area (Å²) in [6.07, 6.45) is 2.87. The third-order valence-corrected chi connectivity index (χ3v) is 2.95. The zero-order valence-electron chi connectivity index (χ0n) is 5.57. The zero-order valence-corrected chi connectivity index (χ0v) is 5.57. The minimum Gasteiger partial charge on any atom is -0.308 e. The molecule has 2 rings (SSSR count). The smallest absolute Gasteiger partial charge is 0.0198 e. The van der Waals surface area contributed by atoms with Crippen LogP contribution in [0.5, 0.6) is 0 Å². The first-order valence-electron chi connectivity index (χ1n) is 3.50. The van der Waals surface area contributed by atoms with E-state index in [-0.39, 0.29) is 0 Å². The number of piperidine rings is 1. The van der Waals surface area contributed by atoms with Gasteiger partial charge < -0.3 is 5.32 Å². The van der Waals surface area contributed by atoms with Crippen LogP contribution in [-0.2, 0) is 0 Å². The number of rotatable bonds is 0. The topological polar surface area (TPSA) is 12.0 Å². The van der Waals surface area contributed by atoms with Gasteiger partial charge in [-0.1, -0.05) is 0 Å². The second-order valence-corrected chi connectivity index (χ2v) is 3.50. The Labute approximate surface area is 50.5 Å². The minimum atomic E-state index is 0.583. The van der Waals surface area contributed by atoms with Gasteiger partial charge in [0.25, 0.3) is 0 Å². The molecule has 1 heteroatoms. The first-order chi connectivity index (χ1) is 3.72. The maximum absolute atomic E-state index is 3.52. The van der Waals surface area contributed by atoms with Crippen LogP contribution in [0.25, 0.3) is 0 Å². The van der Waals surface area contributed by atoms with Crippen molar-refractivity contribution >= 4 is 0 Å². The quantitative estimate of drug-likeness (QED) is 0.494. The summed E-state index contributed by atoms with van der Waals surface area (Å²) in [5.74, 6) is 1.02. The highest BCUT2D eigenvalue weighted by Crippen LogP contribution is 2.47. The summed E-state index contributed by atoms with van der Waals surface area (Å²) >= 11 is 0. The SMILES string of the molecule is CC1NC2(C)CCC12. The van der Waals surface area contributed by atoms with Crippen molar-refractivity contribution in [3.63, 3.8) is 0 Å². The van der Waals surface area contributed by atoms with Gasteiger partial charge in [-0.25, -0.2) is 0 Å². The van der Waals surface area contributed by atoms with Crippen molar-refractivity contribution in [2.45, 2.75) is 38.3 Å². The van der Waals surface area contributed by atoms with E-state index in [0.29, 0.717) is 5.54 Å². The summed E-state index contributed by atoms with van der Waals surface area (Å²) in [5.41, 5.74) is 0.583. The zero-order chi connectivity index (χ0) is 5.78. The monoisotopic (exact) mass is 111 g/mol. The Morgan fingerprint density at radius 3 is 2.38 bits per heavy atom. The minimum absolute atomic E-state index is 0.583. The van der Waals surface area contributed by atoms with Crippen molar-refractivity contribution in [1.82, 2.24) is 5.32 Å². The van der Waals surface area contributed by atoms with Crippen molar-refractivity contribution < 1.29 is 0 Å². The van der Waals surface area contributed by atoms with Gasteiger partial charge in [-0.15, -0.1) is 0 Å². The van der Waals surface area contributed by atoms with E-state index in [9.17, 15) is 0 Å². The van der Waals surface area contributed by atoms with Gasteiger partial charge in [0.05, 0.1) is 0 Å². The van der Waals surface area contributed by atoms with E-state index >= 15 is 0 Å². The number of nitrogens with one attached hydrogen (secondary N) is 1. The predicted octanol–water partition coefficient (Wildman–Crippen LogP) is 1.15. The highest BCUT2D eigenvalue weighted by Gasteiger charge is 2.54. The predicted molar refractivity (Wildman–Crippen MR) is 33.7 cm³/mol. The molecule has 0 aromatic carbocycles. The van der Waals surface area contributed by atoms with Crippen molar-refractivity contribution in [1.29, 1.82) is 0 Å². The van der Waals surface area contributed by atoms with Crippen LogP contribution >= 0.6 is 0 Å². The van der Waals surface area contributed by atoms with Crippen LogP contribution in [0.1, 0.15) is 26.7 Å². The molecule has 1 heterocycles. The molecule has 3 atom stereocenters. The van der Waals surface area contributed by atoms with Crippen LogP contribution in [0.4, 0.5) is 0 Å². The lowest BCUT2D eigenvalue weighted by Crippen LogP contribution is -2.74. The Bertz CT molecular complexity index is 122. The molecule has 1 saturated carbocycles. The molecule has 1 nitrogen and oxygen atoms in total. The van der Waals surface area contributed by atoms with E-state index in [0.717, 1.165) is 12.0 Å². The standard InChI is InChI=1S/C7H13N/c1-5-6-3-4-7(6,2)8-5/h5-6,8H,3-4H2,1-2H3. The van der Waals surface area contributed by atoms with Crippen LogP contribution in [0.3, 0.4) is 0 Å². The molecular weight excluding hydrogens is 98.1 g/mol. The largest absolute Gasteiger partial charge is 0.308 e. The van der Waals surface area contributed by atoms with Crippen LogP contribution in [-0.4, -0.2) is 11.6 Å². The average molecular weight is 111 g/mol. The molecule has 2 aliphatic rings. The maximum Gasteiger partial charge on any atom is 0.0198 e. The summed E-state index contributed by atoms with van der Waals surface area (Å²) in [5, 5.41) is 3.52. The van der Waals surface area contributed by atoms with E-state index in [1.54, 1.807) is 0 Å². The lowest BCUT2D eigenvalue weighted by Gasteiger charge is -2.62. The van der Waals surface area contributed by atoms with E-state index in [1.165, 1.54) is 12.8 Å². The second-order valence-electron chi connectivity index (χ2n) is 3.50. The Hall–Kier alpha value is -0.0400. The fraction of sp³-hybridized carbons (Fsp3) is 1.00. The summed E-state index contributed by atoms with van der Waals surface area (Å²) in [7, 11) is 0. The summed E-state index contributed by atoms with van der Waals surface area (Å²) in [6.45, 7) is 4.62. The Kier molecular flexibility index (Phi) is 0.663. The molecule has 2 fully saturated rings. The Morgan fingerprint density at radius 1 is 1.62 bits per heavy atom. The molecule has 46 valence electrons. The van der Waals surface area contributed by atoms with Crippen molar-refractivity contribution in [2.24, 2.45) is 5.92 Å².